The van der Waals surface area contributed by atoms with Gasteiger partial charge in [-0.05, 0) is 32.4 Å². The van der Waals surface area contributed by atoms with Gasteiger partial charge in [-0.3, -0.25) is 0 Å². The van der Waals surface area contributed by atoms with Crippen LogP contribution in [0.25, 0.3) is 0 Å². The van der Waals surface area contributed by atoms with Crippen LogP contribution in [-0.4, -0.2) is 41.4 Å². The normalized spacial score (nSPS) is 23.7. The zero-order valence-corrected chi connectivity index (χ0v) is 11.6. The van der Waals surface area contributed by atoms with Crippen LogP contribution in [0.2, 0.25) is 0 Å². The Hall–Kier alpha value is -1.49. The van der Waals surface area contributed by atoms with Gasteiger partial charge in [-0.25, -0.2) is 4.79 Å². The number of rotatable bonds is 2. The van der Waals surface area contributed by atoms with Gasteiger partial charge >= 0.3 is 6.09 Å². The number of carbonyl (C=O) groups is 1. The van der Waals surface area contributed by atoms with Crippen LogP contribution < -0.4 is 0 Å². The minimum absolute atomic E-state index is 0.0325. The van der Waals surface area contributed by atoms with E-state index < -0.39 is 5.60 Å². The molecule has 5 heteroatoms. The first-order valence-corrected chi connectivity index (χ1v) is 6.51. The largest absolute Gasteiger partial charge is 0.472 e. The van der Waals surface area contributed by atoms with Crippen molar-refractivity contribution in [2.45, 2.75) is 32.3 Å². The number of ether oxygens (including phenoxy) is 1. The van der Waals surface area contributed by atoms with Crippen LogP contribution in [0.5, 0.6) is 0 Å². The Bertz CT molecular complexity index is 421. The molecule has 1 fully saturated rings. The van der Waals surface area contributed by atoms with Crippen molar-refractivity contribution >= 4 is 6.09 Å². The number of hydrogen-bond donors (Lipinski definition) is 1. The summed E-state index contributed by atoms with van der Waals surface area (Å²) < 4.78 is 10.4. The van der Waals surface area contributed by atoms with Crippen LogP contribution in [-0.2, 0) is 4.74 Å². The molecule has 0 aromatic carbocycles. The number of amides is 1. The molecule has 0 saturated carbocycles. The van der Waals surface area contributed by atoms with Gasteiger partial charge in [-0.2, -0.15) is 0 Å². The first-order valence-electron chi connectivity index (χ1n) is 6.51. The van der Waals surface area contributed by atoms with Crippen LogP contribution >= 0.6 is 0 Å². The molecule has 1 aromatic heterocycles. The van der Waals surface area contributed by atoms with Gasteiger partial charge in [0.05, 0.1) is 12.5 Å². The van der Waals surface area contributed by atoms with Gasteiger partial charge in [-0.15, -0.1) is 0 Å². The molecule has 0 radical (unpaired) electrons. The van der Waals surface area contributed by atoms with Gasteiger partial charge in [-0.1, -0.05) is 0 Å². The Labute approximate surface area is 113 Å². The minimum atomic E-state index is -0.500. The second kappa shape index (κ2) is 5.25. The number of hydrogen-bond acceptors (Lipinski definition) is 4. The Morgan fingerprint density at radius 2 is 2.26 bits per heavy atom. The van der Waals surface area contributed by atoms with E-state index in [1.54, 1.807) is 17.4 Å². The maximum absolute atomic E-state index is 12.0. The molecule has 1 aliphatic rings. The topological polar surface area (TPSA) is 62.9 Å². The second-order valence-electron chi connectivity index (χ2n) is 5.99. The maximum atomic E-state index is 12.0. The van der Waals surface area contributed by atoms with Crippen molar-refractivity contribution in [3.63, 3.8) is 0 Å². The van der Waals surface area contributed by atoms with Gasteiger partial charge in [0.15, 0.2) is 0 Å². The Balaban J connectivity index is 2.05. The molecule has 106 valence electrons. The lowest BCUT2D eigenvalue weighted by Crippen LogP contribution is -2.35. The molecule has 2 heterocycles. The van der Waals surface area contributed by atoms with E-state index in [4.69, 9.17) is 9.15 Å². The first-order chi connectivity index (χ1) is 8.90. The molecule has 0 aliphatic carbocycles. The van der Waals surface area contributed by atoms with Crippen LogP contribution in [0, 0.1) is 5.92 Å². The molecule has 1 aliphatic heterocycles. The number of nitrogens with zero attached hydrogens (tertiary/aromatic N) is 1. The fraction of sp³-hybridized carbons (Fsp3) is 0.643. The maximum Gasteiger partial charge on any atom is 0.410 e. The highest BCUT2D eigenvalue weighted by atomic mass is 16.6. The van der Waals surface area contributed by atoms with E-state index in [0.29, 0.717) is 13.1 Å². The fourth-order valence-corrected chi connectivity index (χ4v) is 2.40. The summed E-state index contributed by atoms with van der Waals surface area (Å²) in [6.07, 6.45) is 2.96. The molecule has 5 nitrogen and oxygen atoms in total. The molecular weight excluding hydrogens is 246 g/mol. The molecule has 19 heavy (non-hydrogen) atoms. The molecule has 1 aromatic rings. The molecule has 0 spiro atoms. The Morgan fingerprint density at radius 1 is 1.53 bits per heavy atom. The van der Waals surface area contributed by atoms with Crippen molar-refractivity contribution in [1.82, 2.24) is 4.90 Å². The molecule has 0 bridgehead atoms. The van der Waals surface area contributed by atoms with Gasteiger partial charge in [0, 0.05) is 31.5 Å². The molecular formula is C14H21NO4. The number of likely N-dealkylation sites (tertiary alicyclic amines) is 1. The monoisotopic (exact) mass is 267 g/mol. The van der Waals surface area contributed by atoms with Gasteiger partial charge in [0.25, 0.3) is 0 Å². The lowest BCUT2D eigenvalue weighted by atomic mass is 9.91. The SMILES string of the molecule is CC(C)(C)OC(=O)N1CC(CO)C(c2ccoc2)C1. The smallest absolute Gasteiger partial charge is 0.410 e. The minimum Gasteiger partial charge on any atom is -0.472 e. The van der Waals surface area contributed by atoms with Crippen LogP contribution in [0.3, 0.4) is 0 Å². The third-order valence-electron chi connectivity index (χ3n) is 3.30. The third kappa shape index (κ3) is 3.29. The summed E-state index contributed by atoms with van der Waals surface area (Å²) in [6, 6.07) is 1.88. The van der Waals surface area contributed by atoms with E-state index in [2.05, 4.69) is 0 Å². The predicted octanol–water partition coefficient (Wildman–Crippen LogP) is 2.22. The molecule has 1 amide bonds. The first kappa shape index (κ1) is 13.9. The lowest BCUT2D eigenvalue weighted by Gasteiger charge is -2.24. The van der Waals surface area contributed by atoms with E-state index in [9.17, 15) is 9.90 Å². The Kier molecular flexibility index (Phi) is 3.85. The summed E-state index contributed by atoms with van der Waals surface area (Å²) in [5.74, 6) is 0.140. The van der Waals surface area contributed by atoms with E-state index >= 15 is 0 Å². The van der Waals surface area contributed by atoms with Crippen molar-refractivity contribution in [2.75, 3.05) is 19.7 Å². The van der Waals surface area contributed by atoms with E-state index in [1.165, 1.54) is 0 Å². The zero-order valence-electron chi connectivity index (χ0n) is 11.6. The summed E-state index contributed by atoms with van der Waals surface area (Å²) in [5.41, 5.74) is 0.518. The second-order valence-corrected chi connectivity index (χ2v) is 5.99. The van der Waals surface area contributed by atoms with E-state index in [1.807, 2.05) is 26.8 Å². The summed E-state index contributed by atoms with van der Waals surface area (Å²) in [6.45, 7) is 6.66. The Morgan fingerprint density at radius 3 is 2.79 bits per heavy atom. The number of carbonyl (C=O) groups excluding carboxylic acids is 1. The van der Waals surface area contributed by atoms with Crippen LogP contribution in [0.15, 0.2) is 23.0 Å². The molecule has 2 rings (SSSR count). The van der Waals surface area contributed by atoms with Crippen molar-refractivity contribution in [1.29, 1.82) is 0 Å². The standard InChI is InChI=1S/C14H21NO4/c1-14(2,3)19-13(17)15-6-11(8-16)12(7-15)10-4-5-18-9-10/h4-5,9,11-12,16H,6-8H2,1-3H3. The summed E-state index contributed by atoms with van der Waals surface area (Å²) in [7, 11) is 0. The average molecular weight is 267 g/mol. The lowest BCUT2D eigenvalue weighted by molar-refractivity contribution is 0.0283. The van der Waals surface area contributed by atoms with E-state index in [0.717, 1.165) is 5.56 Å². The zero-order chi connectivity index (χ0) is 14.0. The third-order valence-corrected chi connectivity index (χ3v) is 3.30. The summed E-state index contributed by atoms with van der Waals surface area (Å²) >= 11 is 0. The van der Waals surface area contributed by atoms with Gasteiger partial charge in [0.1, 0.15) is 5.60 Å². The predicted molar refractivity (Wildman–Crippen MR) is 69.8 cm³/mol. The van der Waals surface area contributed by atoms with Crippen molar-refractivity contribution in [3.8, 4) is 0 Å². The van der Waals surface area contributed by atoms with Crippen molar-refractivity contribution < 1.29 is 19.1 Å². The highest BCUT2D eigenvalue weighted by Gasteiger charge is 2.37. The fourth-order valence-electron chi connectivity index (χ4n) is 2.40. The highest BCUT2D eigenvalue weighted by Crippen LogP contribution is 2.33. The molecule has 2 unspecified atom stereocenters. The number of aliphatic hydroxyl groups excluding tert-OH is 1. The van der Waals surface area contributed by atoms with Crippen molar-refractivity contribution in [2.24, 2.45) is 5.92 Å². The number of furan rings is 1. The number of aliphatic hydroxyl groups is 1. The average Bonchev–Trinajstić information content (AvgIpc) is 2.95. The molecule has 1 saturated heterocycles. The quantitative estimate of drug-likeness (QED) is 0.892. The summed E-state index contributed by atoms with van der Waals surface area (Å²) in [4.78, 5) is 13.7. The van der Waals surface area contributed by atoms with Gasteiger partial charge < -0.3 is 19.2 Å². The molecule has 2 atom stereocenters. The van der Waals surface area contributed by atoms with Crippen LogP contribution in [0.1, 0.15) is 32.3 Å². The molecule has 1 N–H and O–H groups in total. The van der Waals surface area contributed by atoms with E-state index in [-0.39, 0.29) is 24.5 Å². The highest BCUT2D eigenvalue weighted by molar-refractivity contribution is 5.68. The summed E-state index contributed by atoms with van der Waals surface area (Å²) in [5, 5.41) is 9.46. The van der Waals surface area contributed by atoms with Crippen molar-refractivity contribution in [3.05, 3.63) is 24.2 Å². The van der Waals surface area contributed by atoms with Gasteiger partial charge in [0.2, 0.25) is 0 Å². The van der Waals surface area contributed by atoms with Crippen LogP contribution in [0.4, 0.5) is 4.79 Å².